The zero-order valence-electron chi connectivity index (χ0n) is 9.84. The molecule has 1 aromatic carbocycles. The van der Waals surface area contributed by atoms with E-state index >= 15 is 0 Å². The maximum absolute atomic E-state index is 11.7. The third kappa shape index (κ3) is 2.31. The van der Waals surface area contributed by atoms with Gasteiger partial charge in [0.2, 0.25) is 0 Å². The van der Waals surface area contributed by atoms with Gasteiger partial charge in [-0.3, -0.25) is 10.7 Å². The number of benzene rings is 1. The molecule has 1 atom stereocenters. The fourth-order valence-corrected chi connectivity index (χ4v) is 2.56. The zero-order chi connectivity index (χ0) is 13.3. The van der Waals surface area contributed by atoms with Crippen molar-refractivity contribution in [2.45, 2.75) is 19.4 Å². The molecule has 2 rings (SSSR count). The lowest BCUT2D eigenvalue weighted by Gasteiger charge is -2.23. The zero-order valence-corrected chi connectivity index (χ0v) is 11.3. The Morgan fingerprint density at radius 1 is 1.44 bits per heavy atom. The molecule has 0 aromatic heterocycles. The maximum Gasteiger partial charge on any atom is 0.323 e. The number of amidine groups is 1. The van der Waals surface area contributed by atoms with Crippen molar-refractivity contribution >= 4 is 35.1 Å². The Kier molecular flexibility index (Phi) is 3.78. The summed E-state index contributed by atoms with van der Waals surface area (Å²) in [7, 11) is 0. The van der Waals surface area contributed by atoms with E-state index in [1.807, 2.05) is 6.92 Å². The second-order valence-corrected chi connectivity index (χ2v) is 4.95. The molecule has 4 nitrogen and oxygen atoms in total. The Hall–Kier alpha value is -1.26. The standard InChI is InChI=1S/C12H13Cl2N3O/c1-2-5-17-10(11(15)16-12(17)18)8-4-3-7(13)6-9(8)14/h3-4,6,10H,2,5H2,1H3,(H2,15,16,18). The Morgan fingerprint density at radius 2 is 2.17 bits per heavy atom. The first-order valence-electron chi connectivity index (χ1n) is 5.65. The molecular formula is C12H13Cl2N3O. The summed E-state index contributed by atoms with van der Waals surface area (Å²) < 4.78 is 0. The minimum absolute atomic E-state index is 0.151. The van der Waals surface area contributed by atoms with E-state index in [2.05, 4.69) is 5.32 Å². The van der Waals surface area contributed by atoms with Gasteiger partial charge in [0, 0.05) is 22.2 Å². The van der Waals surface area contributed by atoms with Gasteiger partial charge in [0.25, 0.3) is 0 Å². The van der Waals surface area contributed by atoms with Crippen LogP contribution in [0.4, 0.5) is 4.79 Å². The highest BCUT2D eigenvalue weighted by Crippen LogP contribution is 2.32. The van der Waals surface area contributed by atoms with E-state index in [4.69, 9.17) is 28.6 Å². The molecule has 18 heavy (non-hydrogen) atoms. The molecular weight excluding hydrogens is 273 g/mol. The maximum atomic E-state index is 11.7. The number of hydrogen-bond acceptors (Lipinski definition) is 2. The summed E-state index contributed by atoms with van der Waals surface area (Å²) in [5.41, 5.74) is 0.720. The predicted molar refractivity (Wildman–Crippen MR) is 72.5 cm³/mol. The monoisotopic (exact) mass is 285 g/mol. The van der Waals surface area contributed by atoms with E-state index in [0.29, 0.717) is 16.6 Å². The summed E-state index contributed by atoms with van der Waals surface area (Å²) >= 11 is 12.0. The topological polar surface area (TPSA) is 56.2 Å². The van der Waals surface area contributed by atoms with Crippen LogP contribution in [0.25, 0.3) is 0 Å². The van der Waals surface area contributed by atoms with Crippen molar-refractivity contribution in [2.75, 3.05) is 6.54 Å². The molecule has 1 aliphatic heterocycles. The number of nitrogens with one attached hydrogen (secondary N) is 2. The summed E-state index contributed by atoms with van der Waals surface area (Å²) in [6.45, 7) is 2.56. The summed E-state index contributed by atoms with van der Waals surface area (Å²) in [5, 5.41) is 11.4. The number of nitrogens with zero attached hydrogens (tertiary/aromatic N) is 1. The van der Waals surface area contributed by atoms with Crippen LogP contribution in [0.5, 0.6) is 0 Å². The third-order valence-electron chi connectivity index (χ3n) is 2.81. The van der Waals surface area contributed by atoms with E-state index in [-0.39, 0.29) is 11.9 Å². The van der Waals surface area contributed by atoms with Gasteiger partial charge in [0.05, 0.1) is 0 Å². The molecule has 0 spiro atoms. The number of carbonyl (C=O) groups is 1. The first-order chi connectivity index (χ1) is 8.54. The fourth-order valence-electron chi connectivity index (χ4n) is 2.05. The average molecular weight is 286 g/mol. The molecule has 96 valence electrons. The van der Waals surface area contributed by atoms with Crippen LogP contribution in [0.1, 0.15) is 24.9 Å². The van der Waals surface area contributed by atoms with Crippen molar-refractivity contribution in [1.29, 1.82) is 5.41 Å². The molecule has 1 heterocycles. The Balaban J connectivity index is 2.40. The third-order valence-corrected chi connectivity index (χ3v) is 3.37. The van der Waals surface area contributed by atoms with Crippen molar-refractivity contribution in [1.82, 2.24) is 10.2 Å². The van der Waals surface area contributed by atoms with E-state index in [0.717, 1.165) is 12.0 Å². The largest absolute Gasteiger partial charge is 0.323 e. The molecule has 1 aliphatic rings. The van der Waals surface area contributed by atoms with E-state index in [9.17, 15) is 4.79 Å². The van der Waals surface area contributed by atoms with Crippen molar-refractivity contribution < 1.29 is 4.79 Å². The number of halogens is 2. The lowest BCUT2D eigenvalue weighted by atomic mass is 10.1. The van der Waals surface area contributed by atoms with Crippen molar-refractivity contribution in [3.05, 3.63) is 33.8 Å². The molecule has 2 N–H and O–H groups in total. The second-order valence-electron chi connectivity index (χ2n) is 4.11. The van der Waals surface area contributed by atoms with Gasteiger partial charge in [-0.1, -0.05) is 36.2 Å². The molecule has 6 heteroatoms. The smallest absolute Gasteiger partial charge is 0.310 e. The van der Waals surface area contributed by atoms with E-state index in [1.54, 1.807) is 23.1 Å². The Labute approximate surface area is 115 Å². The number of amides is 2. The van der Waals surface area contributed by atoms with Crippen LogP contribution in [0.2, 0.25) is 10.0 Å². The van der Waals surface area contributed by atoms with Gasteiger partial charge in [-0.15, -0.1) is 0 Å². The summed E-state index contributed by atoms with van der Waals surface area (Å²) in [5.74, 6) is 0.151. The van der Waals surface area contributed by atoms with Crippen molar-refractivity contribution in [3.8, 4) is 0 Å². The van der Waals surface area contributed by atoms with Crippen LogP contribution in [0, 0.1) is 5.41 Å². The van der Waals surface area contributed by atoms with Crippen molar-refractivity contribution in [2.24, 2.45) is 0 Å². The molecule has 1 saturated heterocycles. The van der Waals surface area contributed by atoms with Gasteiger partial charge >= 0.3 is 6.03 Å². The minimum Gasteiger partial charge on any atom is -0.310 e. The number of carbonyl (C=O) groups excluding carboxylic acids is 1. The molecule has 1 fully saturated rings. The quantitative estimate of drug-likeness (QED) is 0.878. The van der Waals surface area contributed by atoms with E-state index in [1.165, 1.54) is 0 Å². The lowest BCUT2D eigenvalue weighted by molar-refractivity contribution is 0.206. The van der Waals surface area contributed by atoms with Gasteiger partial charge < -0.3 is 4.90 Å². The van der Waals surface area contributed by atoms with Crippen LogP contribution in [-0.2, 0) is 0 Å². The highest BCUT2D eigenvalue weighted by Gasteiger charge is 2.37. The Morgan fingerprint density at radius 3 is 2.78 bits per heavy atom. The molecule has 0 radical (unpaired) electrons. The molecule has 1 unspecified atom stereocenters. The number of rotatable bonds is 3. The molecule has 0 aliphatic carbocycles. The summed E-state index contributed by atoms with van der Waals surface area (Å²) in [6, 6.07) is 4.40. The minimum atomic E-state index is -0.442. The van der Waals surface area contributed by atoms with Crippen LogP contribution < -0.4 is 5.32 Å². The first kappa shape index (κ1) is 13.2. The van der Waals surface area contributed by atoms with Gasteiger partial charge in [0.1, 0.15) is 11.9 Å². The normalized spacial score (nSPS) is 19.3. The molecule has 0 bridgehead atoms. The van der Waals surface area contributed by atoms with Gasteiger partial charge in [-0.2, -0.15) is 0 Å². The second kappa shape index (κ2) is 5.16. The lowest BCUT2D eigenvalue weighted by Crippen LogP contribution is -2.30. The van der Waals surface area contributed by atoms with Gasteiger partial charge in [-0.25, -0.2) is 4.79 Å². The van der Waals surface area contributed by atoms with E-state index < -0.39 is 6.04 Å². The van der Waals surface area contributed by atoms with Crippen molar-refractivity contribution in [3.63, 3.8) is 0 Å². The van der Waals surface area contributed by atoms with Gasteiger partial charge in [0.15, 0.2) is 0 Å². The van der Waals surface area contributed by atoms with Crippen LogP contribution >= 0.6 is 23.2 Å². The van der Waals surface area contributed by atoms with Crippen LogP contribution in [0.3, 0.4) is 0 Å². The van der Waals surface area contributed by atoms with Crippen LogP contribution in [-0.4, -0.2) is 23.3 Å². The molecule has 2 amide bonds. The fraction of sp³-hybridized carbons (Fsp3) is 0.333. The first-order valence-corrected chi connectivity index (χ1v) is 6.41. The summed E-state index contributed by atoms with van der Waals surface area (Å²) in [4.78, 5) is 13.4. The summed E-state index contributed by atoms with van der Waals surface area (Å²) in [6.07, 6.45) is 0.822. The predicted octanol–water partition coefficient (Wildman–Crippen LogP) is 3.45. The molecule has 1 aromatic rings. The average Bonchev–Trinajstić information content (AvgIpc) is 2.56. The SMILES string of the molecule is CCCN1C(=O)NC(=N)C1c1ccc(Cl)cc1Cl. The van der Waals surface area contributed by atoms with Crippen LogP contribution in [0.15, 0.2) is 18.2 Å². The number of urea groups is 1. The highest BCUT2D eigenvalue weighted by atomic mass is 35.5. The van der Waals surface area contributed by atoms with Gasteiger partial charge in [-0.05, 0) is 18.6 Å². The highest BCUT2D eigenvalue weighted by molar-refractivity contribution is 6.35. The number of hydrogen-bond donors (Lipinski definition) is 2. The molecule has 0 saturated carbocycles. The Bertz CT molecular complexity index is 504.